The van der Waals surface area contributed by atoms with E-state index >= 15 is 0 Å². The molecule has 36 heavy (non-hydrogen) atoms. The molecule has 6 nitrogen and oxygen atoms in total. The number of aryl methyl sites for hydroxylation is 3. The monoisotopic (exact) mass is 505 g/mol. The predicted molar refractivity (Wildman–Crippen MR) is 146 cm³/mol. The molecular formula is C29H35N3O3S. The largest absolute Gasteiger partial charge is 0.349 e. The Balaban J connectivity index is 2.07. The van der Waals surface area contributed by atoms with Crippen LogP contribution in [0.3, 0.4) is 0 Å². The minimum atomic E-state index is -0.913. The van der Waals surface area contributed by atoms with E-state index in [9.17, 15) is 14.4 Å². The Labute approximate surface area is 217 Å². The van der Waals surface area contributed by atoms with Gasteiger partial charge in [-0.2, -0.15) is 0 Å². The molecule has 1 unspecified atom stereocenters. The lowest BCUT2D eigenvalue weighted by molar-refractivity contribution is -0.127. The molecule has 0 aliphatic rings. The molecule has 2 N–H and O–H groups in total. The second-order valence-electron chi connectivity index (χ2n) is 9.81. The molecule has 0 bridgehead atoms. The van der Waals surface area contributed by atoms with E-state index in [2.05, 4.69) is 10.6 Å². The van der Waals surface area contributed by atoms with E-state index in [0.717, 1.165) is 23.1 Å². The summed E-state index contributed by atoms with van der Waals surface area (Å²) in [5.41, 5.74) is 3.86. The first-order valence-corrected chi connectivity index (χ1v) is 13.0. The third-order valence-corrected chi connectivity index (χ3v) is 7.01. The Morgan fingerprint density at radius 1 is 0.944 bits per heavy atom. The summed E-state index contributed by atoms with van der Waals surface area (Å²) in [6.45, 7) is 11.6. The summed E-state index contributed by atoms with van der Waals surface area (Å²) >= 11 is 1.31. The average Bonchev–Trinajstić information content (AvgIpc) is 3.35. The quantitative estimate of drug-likeness (QED) is 0.404. The number of nitrogens with zero attached hydrogens (tertiary/aromatic N) is 1. The molecule has 0 fully saturated rings. The van der Waals surface area contributed by atoms with Gasteiger partial charge in [0.1, 0.15) is 6.04 Å². The molecule has 3 aromatic rings. The van der Waals surface area contributed by atoms with Crippen LogP contribution in [-0.4, -0.2) is 29.8 Å². The van der Waals surface area contributed by atoms with Gasteiger partial charge in [-0.05, 0) is 81.3 Å². The lowest BCUT2D eigenvalue weighted by Crippen LogP contribution is -2.52. The third-order valence-electron chi connectivity index (χ3n) is 6.14. The number of amides is 3. The molecule has 7 heteroatoms. The van der Waals surface area contributed by atoms with E-state index in [1.165, 1.54) is 16.2 Å². The van der Waals surface area contributed by atoms with Crippen molar-refractivity contribution in [3.63, 3.8) is 0 Å². The molecule has 0 saturated heterocycles. The highest BCUT2D eigenvalue weighted by Gasteiger charge is 2.35. The van der Waals surface area contributed by atoms with Crippen LogP contribution in [0.5, 0.6) is 0 Å². The van der Waals surface area contributed by atoms with Gasteiger partial charge < -0.3 is 10.6 Å². The number of benzene rings is 2. The standard InChI is InChI=1S/C29H35N3O3S/c1-7-29(5,6)31-28(35)26(22-12-10-19(2)11-13-22)32(23-16-20(3)15-21(4)17-23)25(33)18-30-27(34)24-9-8-14-36-24/h8-17,26H,7,18H2,1-6H3,(H,30,34)(H,31,35). The molecule has 2 aromatic carbocycles. The van der Waals surface area contributed by atoms with Gasteiger partial charge in [-0.1, -0.05) is 48.9 Å². The lowest BCUT2D eigenvalue weighted by Gasteiger charge is -2.35. The zero-order valence-corrected chi connectivity index (χ0v) is 22.7. The fourth-order valence-corrected chi connectivity index (χ4v) is 4.56. The van der Waals surface area contributed by atoms with Gasteiger partial charge in [-0.3, -0.25) is 19.3 Å². The summed E-state index contributed by atoms with van der Waals surface area (Å²) < 4.78 is 0. The smallest absolute Gasteiger partial charge is 0.261 e. The van der Waals surface area contributed by atoms with Crippen molar-refractivity contribution in [1.82, 2.24) is 10.6 Å². The summed E-state index contributed by atoms with van der Waals surface area (Å²) in [5.74, 6) is -0.968. The lowest BCUT2D eigenvalue weighted by atomic mass is 9.97. The Bertz CT molecular complexity index is 1200. The van der Waals surface area contributed by atoms with Gasteiger partial charge in [0.15, 0.2) is 0 Å². The summed E-state index contributed by atoms with van der Waals surface area (Å²) in [6, 6.07) is 16.0. The van der Waals surface area contributed by atoms with Crippen LogP contribution < -0.4 is 15.5 Å². The van der Waals surface area contributed by atoms with Crippen molar-refractivity contribution in [1.29, 1.82) is 0 Å². The molecular weight excluding hydrogens is 470 g/mol. The van der Waals surface area contributed by atoms with Crippen LogP contribution in [0, 0.1) is 20.8 Å². The molecule has 0 aliphatic heterocycles. The van der Waals surface area contributed by atoms with Crippen LogP contribution in [-0.2, 0) is 9.59 Å². The normalized spacial score (nSPS) is 12.1. The van der Waals surface area contributed by atoms with Crippen LogP contribution >= 0.6 is 11.3 Å². The van der Waals surface area contributed by atoms with E-state index in [0.29, 0.717) is 16.1 Å². The van der Waals surface area contributed by atoms with Gasteiger partial charge in [-0.15, -0.1) is 11.3 Å². The zero-order chi connectivity index (χ0) is 26.5. The number of rotatable bonds is 9. The second-order valence-corrected chi connectivity index (χ2v) is 10.8. The van der Waals surface area contributed by atoms with Gasteiger partial charge in [0.2, 0.25) is 11.8 Å². The molecule has 1 heterocycles. The number of thiophene rings is 1. The summed E-state index contributed by atoms with van der Waals surface area (Å²) in [6.07, 6.45) is 0.730. The van der Waals surface area contributed by atoms with Gasteiger partial charge in [0.25, 0.3) is 5.91 Å². The SMILES string of the molecule is CCC(C)(C)NC(=O)C(c1ccc(C)cc1)N(C(=O)CNC(=O)c1cccs1)c1cc(C)cc(C)c1. The fourth-order valence-electron chi connectivity index (χ4n) is 3.92. The Hall–Kier alpha value is -3.45. The average molecular weight is 506 g/mol. The van der Waals surface area contributed by atoms with Gasteiger partial charge in [0, 0.05) is 11.2 Å². The molecule has 0 saturated carbocycles. The number of nitrogens with one attached hydrogen (secondary N) is 2. The van der Waals surface area contributed by atoms with Crippen LogP contribution in [0.4, 0.5) is 5.69 Å². The zero-order valence-electron chi connectivity index (χ0n) is 21.8. The molecule has 3 amide bonds. The number of hydrogen-bond donors (Lipinski definition) is 2. The third kappa shape index (κ3) is 6.82. The second kappa shape index (κ2) is 11.5. The number of hydrogen-bond acceptors (Lipinski definition) is 4. The Morgan fingerprint density at radius 3 is 2.14 bits per heavy atom. The molecule has 1 atom stereocenters. The van der Waals surface area contributed by atoms with Crippen molar-refractivity contribution < 1.29 is 14.4 Å². The first kappa shape index (κ1) is 27.1. The molecule has 0 spiro atoms. The van der Waals surface area contributed by atoms with Crippen LogP contribution in [0.25, 0.3) is 0 Å². The van der Waals surface area contributed by atoms with Gasteiger partial charge in [0.05, 0.1) is 11.4 Å². The Kier molecular flexibility index (Phi) is 8.69. The predicted octanol–water partition coefficient (Wildman–Crippen LogP) is 5.48. The minimum Gasteiger partial charge on any atom is -0.349 e. The molecule has 1 aromatic heterocycles. The van der Waals surface area contributed by atoms with Crippen molar-refractivity contribution in [2.75, 3.05) is 11.4 Å². The summed E-state index contributed by atoms with van der Waals surface area (Å²) in [7, 11) is 0. The first-order chi connectivity index (χ1) is 17.0. The first-order valence-electron chi connectivity index (χ1n) is 12.1. The fraction of sp³-hybridized carbons (Fsp3) is 0.345. The maximum atomic E-state index is 13.8. The van der Waals surface area contributed by atoms with Crippen LogP contribution in [0.1, 0.15) is 65.2 Å². The Morgan fingerprint density at radius 2 is 1.58 bits per heavy atom. The minimum absolute atomic E-state index is 0.240. The number of carbonyl (C=O) groups is 3. The van der Waals surface area contributed by atoms with E-state index in [-0.39, 0.29) is 24.3 Å². The van der Waals surface area contributed by atoms with Crippen molar-refractivity contribution in [3.8, 4) is 0 Å². The highest BCUT2D eigenvalue weighted by atomic mass is 32.1. The summed E-state index contributed by atoms with van der Waals surface area (Å²) in [5, 5.41) is 7.66. The van der Waals surface area contributed by atoms with Crippen molar-refractivity contribution in [2.45, 2.75) is 59.5 Å². The van der Waals surface area contributed by atoms with Crippen LogP contribution in [0.2, 0.25) is 0 Å². The van der Waals surface area contributed by atoms with Gasteiger partial charge >= 0.3 is 0 Å². The van der Waals surface area contributed by atoms with Crippen LogP contribution in [0.15, 0.2) is 60.0 Å². The van der Waals surface area contributed by atoms with E-state index in [1.54, 1.807) is 12.1 Å². The maximum Gasteiger partial charge on any atom is 0.261 e. The van der Waals surface area contributed by atoms with E-state index in [1.807, 2.05) is 89.4 Å². The van der Waals surface area contributed by atoms with Crippen molar-refractivity contribution >= 4 is 34.7 Å². The summed E-state index contributed by atoms with van der Waals surface area (Å²) in [4.78, 5) is 42.2. The topological polar surface area (TPSA) is 78.5 Å². The maximum absolute atomic E-state index is 13.8. The molecule has 0 radical (unpaired) electrons. The molecule has 0 aliphatic carbocycles. The number of anilines is 1. The number of carbonyl (C=O) groups excluding carboxylic acids is 3. The van der Waals surface area contributed by atoms with Gasteiger partial charge in [-0.25, -0.2) is 0 Å². The highest BCUT2D eigenvalue weighted by molar-refractivity contribution is 7.12. The molecule has 3 rings (SSSR count). The van der Waals surface area contributed by atoms with E-state index < -0.39 is 11.6 Å². The van der Waals surface area contributed by atoms with Crippen molar-refractivity contribution in [3.05, 3.63) is 87.1 Å². The van der Waals surface area contributed by atoms with E-state index in [4.69, 9.17) is 0 Å². The highest BCUT2D eigenvalue weighted by Crippen LogP contribution is 2.31. The van der Waals surface area contributed by atoms with Crippen molar-refractivity contribution in [2.24, 2.45) is 0 Å². The molecule has 190 valence electrons.